The Hall–Kier alpha value is -4.77. The Labute approximate surface area is 247 Å². The maximum Gasteiger partial charge on any atom is 0.257 e. The van der Waals surface area contributed by atoms with Crippen LogP contribution < -0.4 is 10.6 Å². The van der Waals surface area contributed by atoms with E-state index in [0.29, 0.717) is 46.2 Å². The zero-order chi connectivity index (χ0) is 31.2. The Bertz CT molecular complexity index is 1750. The monoisotopic (exact) mass is 587 g/mol. The highest BCUT2D eigenvalue weighted by molar-refractivity contribution is 6.10. The van der Waals surface area contributed by atoms with E-state index in [9.17, 15) is 19.6 Å². The zero-order valence-electron chi connectivity index (χ0n) is 24.3. The number of allylic oxidation sites excluding steroid dienone is 6. The number of ketones is 1. The van der Waals surface area contributed by atoms with Crippen LogP contribution in [-0.4, -0.2) is 49.4 Å². The van der Waals surface area contributed by atoms with E-state index >= 15 is 8.78 Å². The lowest BCUT2D eigenvalue weighted by Gasteiger charge is -2.33. The summed E-state index contributed by atoms with van der Waals surface area (Å²) in [4.78, 5) is 49.5. The van der Waals surface area contributed by atoms with Crippen LogP contribution in [0.25, 0.3) is 17.3 Å². The van der Waals surface area contributed by atoms with Crippen molar-refractivity contribution in [2.45, 2.75) is 46.0 Å². The Kier molecular flexibility index (Phi) is 7.94. The van der Waals surface area contributed by atoms with Gasteiger partial charge in [-0.2, -0.15) is 0 Å². The highest BCUT2D eigenvalue weighted by Gasteiger charge is 2.36. The Morgan fingerprint density at radius 3 is 2.33 bits per heavy atom. The van der Waals surface area contributed by atoms with Gasteiger partial charge in [-0.1, -0.05) is 46.4 Å². The van der Waals surface area contributed by atoms with Crippen LogP contribution in [-0.2, 0) is 9.59 Å². The van der Waals surface area contributed by atoms with Crippen molar-refractivity contribution in [2.24, 2.45) is 0 Å². The number of hydrogen-bond acceptors (Lipinski definition) is 7. The number of hydrogen-bond donors (Lipinski definition) is 1. The van der Waals surface area contributed by atoms with Gasteiger partial charge in [-0.05, 0) is 53.7 Å². The fourth-order valence-corrected chi connectivity index (χ4v) is 5.53. The molecule has 1 amide bonds. The van der Waals surface area contributed by atoms with Gasteiger partial charge in [0.25, 0.3) is 5.56 Å². The van der Waals surface area contributed by atoms with Crippen LogP contribution in [0.1, 0.15) is 68.5 Å². The molecule has 1 aliphatic carbocycles. The van der Waals surface area contributed by atoms with Gasteiger partial charge in [0, 0.05) is 24.7 Å². The maximum absolute atomic E-state index is 16.0. The van der Waals surface area contributed by atoms with E-state index in [2.05, 4.69) is 16.5 Å². The van der Waals surface area contributed by atoms with E-state index in [4.69, 9.17) is 0 Å². The lowest BCUT2D eigenvalue weighted by molar-refractivity contribution is -0.125. The lowest BCUT2D eigenvalue weighted by atomic mass is 9.91. The predicted molar refractivity (Wildman–Crippen MR) is 159 cm³/mol. The maximum atomic E-state index is 16.0. The molecule has 3 aliphatic rings. The van der Waals surface area contributed by atoms with Crippen molar-refractivity contribution < 1.29 is 23.6 Å². The minimum Gasteiger partial charge on any atom is -0.335 e. The standard InChI is InChI=1S/C32H31F2N5O4/c1-6-25(41)37-12-10-19(11-13-37)20-15-26(42)38(31-28(17(2)3)35-16-36-29(31)18(4)5)32-21(20)14-23(34)30(39(32)43)27-22(33)8-7-9-24(27)40/h6-10,14-18,43H,1,11-13H2,2-5H3/b30-27-. The van der Waals surface area contributed by atoms with Crippen molar-refractivity contribution in [3.63, 3.8) is 0 Å². The first kappa shape index (κ1) is 29.7. The fraction of sp³-hybridized carbons (Fsp3) is 0.281. The van der Waals surface area contributed by atoms with Gasteiger partial charge < -0.3 is 4.90 Å². The molecule has 0 fully saturated rings. The molecule has 2 aromatic rings. The highest BCUT2D eigenvalue weighted by atomic mass is 19.1. The van der Waals surface area contributed by atoms with Gasteiger partial charge in [-0.3, -0.25) is 24.2 Å². The van der Waals surface area contributed by atoms with E-state index in [1.54, 1.807) is 11.0 Å². The second kappa shape index (κ2) is 11.5. The molecule has 222 valence electrons. The molecular weight excluding hydrogens is 556 g/mol. The van der Waals surface area contributed by atoms with Gasteiger partial charge in [0.15, 0.2) is 17.4 Å². The number of anilines is 1. The number of carbonyl (C=O) groups excluding carboxylic acids is 2. The van der Waals surface area contributed by atoms with Crippen molar-refractivity contribution >= 4 is 29.2 Å². The lowest BCUT2D eigenvalue weighted by Crippen LogP contribution is -2.36. The van der Waals surface area contributed by atoms with Crippen LogP contribution in [0.5, 0.6) is 0 Å². The molecule has 2 aliphatic heterocycles. The first-order chi connectivity index (χ1) is 20.5. The summed E-state index contributed by atoms with van der Waals surface area (Å²) >= 11 is 0. The molecule has 0 bridgehead atoms. The molecule has 0 unspecified atom stereocenters. The van der Waals surface area contributed by atoms with E-state index in [1.165, 1.54) is 29.1 Å². The number of hydroxylamine groups is 1. The zero-order valence-corrected chi connectivity index (χ0v) is 24.3. The molecule has 0 spiro atoms. The summed E-state index contributed by atoms with van der Waals surface area (Å²) in [5, 5.41) is 12.1. The van der Waals surface area contributed by atoms with Crippen LogP contribution in [0.15, 0.2) is 77.1 Å². The molecule has 11 heteroatoms. The number of nitrogens with zero attached hydrogens (tertiary/aromatic N) is 5. The summed E-state index contributed by atoms with van der Waals surface area (Å²) < 4.78 is 32.2. The van der Waals surface area contributed by atoms with Gasteiger partial charge in [0.1, 0.15) is 17.9 Å². The quantitative estimate of drug-likeness (QED) is 0.464. The van der Waals surface area contributed by atoms with Crippen LogP contribution in [0.2, 0.25) is 0 Å². The van der Waals surface area contributed by atoms with Gasteiger partial charge in [-0.25, -0.2) is 23.8 Å². The van der Waals surface area contributed by atoms with Crippen LogP contribution in [0.4, 0.5) is 14.6 Å². The third-order valence-electron chi connectivity index (χ3n) is 7.59. The number of rotatable bonds is 5. The number of carbonyl (C=O) groups is 2. The normalized spacial score (nSPS) is 18.5. The number of halogens is 2. The van der Waals surface area contributed by atoms with E-state index < -0.39 is 34.3 Å². The Balaban J connectivity index is 1.87. The highest BCUT2D eigenvalue weighted by Crippen LogP contribution is 2.43. The molecular formula is C32H31F2N5O4. The minimum atomic E-state index is -1.07. The van der Waals surface area contributed by atoms with Crippen LogP contribution >= 0.6 is 0 Å². The Morgan fingerprint density at radius 2 is 1.77 bits per heavy atom. The molecule has 2 aromatic heterocycles. The first-order valence-electron chi connectivity index (χ1n) is 13.9. The van der Waals surface area contributed by atoms with E-state index in [1.807, 2.05) is 27.7 Å². The molecule has 43 heavy (non-hydrogen) atoms. The number of fused-ring (bicyclic) bond motifs is 1. The van der Waals surface area contributed by atoms with Crippen LogP contribution in [0, 0.1) is 0 Å². The third kappa shape index (κ3) is 5.10. The van der Waals surface area contributed by atoms with Crippen molar-refractivity contribution in [2.75, 3.05) is 18.2 Å². The minimum absolute atomic E-state index is 0.134. The Morgan fingerprint density at radius 1 is 1.09 bits per heavy atom. The molecule has 9 nitrogen and oxygen atoms in total. The van der Waals surface area contributed by atoms with Crippen LogP contribution in [0.3, 0.4) is 0 Å². The number of pyridine rings is 1. The molecule has 0 atom stereocenters. The van der Waals surface area contributed by atoms with Crippen molar-refractivity contribution in [1.82, 2.24) is 19.4 Å². The summed E-state index contributed by atoms with van der Waals surface area (Å²) in [6.45, 7) is 11.7. The SMILES string of the molecule is C=CC(=O)N1CC=C(c2cc(=O)n(-c3c(C(C)C)ncnc3C(C)C)c3c2C=C(F)/C(=C2/C(=O)C=CC=C2F)N3O)CC1. The average molecular weight is 588 g/mol. The number of aromatic nitrogens is 3. The predicted octanol–water partition coefficient (Wildman–Crippen LogP) is 5.44. The largest absolute Gasteiger partial charge is 0.335 e. The summed E-state index contributed by atoms with van der Waals surface area (Å²) in [5.74, 6) is -3.75. The molecule has 0 radical (unpaired) electrons. The van der Waals surface area contributed by atoms with Crippen molar-refractivity contribution in [3.8, 4) is 5.69 Å². The first-order valence-corrected chi connectivity index (χ1v) is 13.9. The molecule has 0 aromatic carbocycles. The van der Waals surface area contributed by atoms with Gasteiger partial charge in [0.2, 0.25) is 5.91 Å². The molecule has 0 saturated carbocycles. The summed E-state index contributed by atoms with van der Waals surface area (Å²) in [6.07, 6.45) is 9.05. The van der Waals surface area contributed by atoms with Gasteiger partial charge >= 0.3 is 0 Å². The molecule has 5 rings (SSSR count). The van der Waals surface area contributed by atoms with Crippen molar-refractivity contribution in [1.29, 1.82) is 0 Å². The third-order valence-corrected chi connectivity index (χ3v) is 7.59. The van der Waals surface area contributed by atoms with E-state index in [-0.39, 0.29) is 35.7 Å². The summed E-state index contributed by atoms with van der Waals surface area (Å²) in [7, 11) is 0. The summed E-state index contributed by atoms with van der Waals surface area (Å²) in [5.41, 5.74) is 0.460. The smallest absolute Gasteiger partial charge is 0.257 e. The number of amides is 1. The van der Waals surface area contributed by atoms with E-state index in [0.717, 1.165) is 18.2 Å². The summed E-state index contributed by atoms with van der Waals surface area (Å²) in [6, 6.07) is 1.35. The second-order valence-electron chi connectivity index (χ2n) is 11.0. The molecule has 1 N–H and O–H groups in total. The average Bonchev–Trinajstić information content (AvgIpc) is 2.97. The fourth-order valence-electron chi connectivity index (χ4n) is 5.53. The molecule has 4 heterocycles. The topological polar surface area (TPSA) is 109 Å². The van der Waals surface area contributed by atoms with Crippen molar-refractivity contribution in [3.05, 3.63) is 105 Å². The molecule has 0 saturated heterocycles. The van der Waals surface area contributed by atoms with Gasteiger partial charge in [0.05, 0.1) is 22.6 Å². The second-order valence-corrected chi connectivity index (χ2v) is 11.0. The van der Waals surface area contributed by atoms with Gasteiger partial charge in [-0.15, -0.1) is 0 Å².